The zero-order chi connectivity index (χ0) is 13.1. The van der Waals surface area contributed by atoms with Gasteiger partial charge >= 0.3 is 0 Å². The first-order chi connectivity index (χ1) is 7.90. The van der Waals surface area contributed by atoms with Gasteiger partial charge in [0, 0.05) is 4.83 Å². The van der Waals surface area contributed by atoms with Gasteiger partial charge in [-0.05, 0) is 29.5 Å². The van der Waals surface area contributed by atoms with E-state index in [1.165, 1.54) is 5.56 Å². The molecule has 96 valence electrons. The fraction of sp³-hybridized carbons (Fsp3) is 0.571. The number of ether oxygens (including phenoxy) is 2. The second-order valence-corrected chi connectivity index (χ2v) is 6.50. The summed E-state index contributed by atoms with van der Waals surface area (Å²) >= 11 is 3.62. The van der Waals surface area contributed by atoms with Gasteiger partial charge in [0.25, 0.3) is 0 Å². The number of methoxy groups -OCH3 is 2. The first-order valence-electron chi connectivity index (χ1n) is 5.77. The third kappa shape index (κ3) is 3.63. The van der Waals surface area contributed by atoms with Crippen molar-refractivity contribution in [2.24, 2.45) is 0 Å². The van der Waals surface area contributed by atoms with E-state index < -0.39 is 0 Å². The number of rotatable bonds is 5. The van der Waals surface area contributed by atoms with E-state index >= 15 is 0 Å². The third-order valence-corrected chi connectivity index (χ3v) is 3.28. The van der Waals surface area contributed by atoms with Crippen molar-refractivity contribution in [1.29, 1.82) is 0 Å². The molecule has 0 saturated carbocycles. The molecule has 0 spiro atoms. The van der Waals surface area contributed by atoms with Crippen molar-refractivity contribution in [3.8, 4) is 11.5 Å². The lowest BCUT2D eigenvalue weighted by atomic mass is 9.80. The Hall–Kier alpha value is -0.700. The molecule has 1 aromatic rings. The maximum Gasteiger partial charge on any atom is 0.161 e. The summed E-state index contributed by atoms with van der Waals surface area (Å²) in [5.41, 5.74) is 1.38. The number of alkyl halides is 1. The molecule has 0 radical (unpaired) electrons. The van der Waals surface area contributed by atoms with Gasteiger partial charge in [-0.1, -0.05) is 42.8 Å². The van der Waals surface area contributed by atoms with Gasteiger partial charge in [0.05, 0.1) is 14.2 Å². The van der Waals surface area contributed by atoms with Crippen molar-refractivity contribution in [1.82, 2.24) is 0 Å². The third-order valence-electron chi connectivity index (χ3n) is 2.96. The topological polar surface area (TPSA) is 18.5 Å². The molecule has 1 unspecified atom stereocenters. The van der Waals surface area contributed by atoms with Crippen LogP contribution in [0.1, 0.15) is 32.8 Å². The van der Waals surface area contributed by atoms with E-state index in [0.717, 1.165) is 17.9 Å². The Kier molecular flexibility index (Phi) is 4.87. The minimum atomic E-state index is 0.114. The summed E-state index contributed by atoms with van der Waals surface area (Å²) in [5, 5.41) is 0. The quantitative estimate of drug-likeness (QED) is 0.760. The molecule has 0 amide bonds. The molecule has 0 aliphatic rings. The van der Waals surface area contributed by atoms with Crippen LogP contribution in [0.2, 0.25) is 0 Å². The van der Waals surface area contributed by atoms with Crippen LogP contribution in [0.15, 0.2) is 18.2 Å². The van der Waals surface area contributed by atoms with E-state index in [0.29, 0.717) is 4.83 Å². The summed E-state index contributed by atoms with van der Waals surface area (Å²) in [6.07, 6.45) is 1.07. The smallest absolute Gasteiger partial charge is 0.161 e. The van der Waals surface area contributed by atoms with E-state index in [2.05, 4.69) is 48.8 Å². The molecule has 0 heterocycles. The van der Waals surface area contributed by atoms with Crippen molar-refractivity contribution < 1.29 is 9.47 Å². The van der Waals surface area contributed by atoms with Gasteiger partial charge in [-0.2, -0.15) is 0 Å². The Labute approximate surface area is 112 Å². The number of halogens is 1. The predicted octanol–water partition coefficient (Wildman–Crippen LogP) is 4.15. The normalized spacial score (nSPS) is 13.3. The fourth-order valence-corrected chi connectivity index (χ4v) is 2.89. The van der Waals surface area contributed by atoms with Crippen LogP contribution < -0.4 is 9.47 Å². The highest BCUT2D eigenvalue weighted by molar-refractivity contribution is 9.09. The summed E-state index contributed by atoms with van der Waals surface area (Å²) in [4.78, 5) is 0.491. The monoisotopic (exact) mass is 300 g/mol. The molecule has 0 bridgehead atoms. The molecule has 2 nitrogen and oxygen atoms in total. The van der Waals surface area contributed by atoms with Crippen molar-refractivity contribution in [3.63, 3.8) is 0 Å². The molecule has 1 aromatic carbocycles. The second kappa shape index (κ2) is 5.76. The molecule has 0 fully saturated rings. The van der Waals surface area contributed by atoms with Gasteiger partial charge in [0.1, 0.15) is 0 Å². The summed E-state index contributed by atoms with van der Waals surface area (Å²) in [6.45, 7) is 6.65. The molecule has 1 rings (SSSR count). The Morgan fingerprint density at radius 1 is 1.18 bits per heavy atom. The van der Waals surface area contributed by atoms with Gasteiger partial charge in [0.2, 0.25) is 0 Å². The van der Waals surface area contributed by atoms with Gasteiger partial charge < -0.3 is 9.47 Å². The molecular formula is C14H21BrO2. The Bertz CT molecular complexity index is 372. The molecule has 0 aliphatic carbocycles. The molecule has 0 N–H and O–H groups in total. The molecule has 0 aliphatic heterocycles. The standard InChI is InChI=1S/C14H21BrO2/c1-10(15)9-14(2,3)11-6-7-12(16-4)13(8-11)17-5/h6-8,10H,9H2,1-5H3. The number of hydrogen-bond acceptors (Lipinski definition) is 2. The average Bonchev–Trinajstić information content (AvgIpc) is 2.26. The summed E-state index contributed by atoms with van der Waals surface area (Å²) in [6, 6.07) is 6.14. The van der Waals surface area contributed by atoms with Crippen LogP contribution in [0.4, 0.5) is 0 Å². The van der Waals surface area contributed by atoms with Crippen molar-refractivity contribution in [2.45, 2.75) is 37.4 Å². The summed E-state index contributed by atoms with van der Waals surface area (Å²) in [5.74, 6) is 1.57. The maximum atomic E-state index is 5.34. The fourth-order valence-electron chi connectivity index (χ4n) is 2.08. The molecule has 1 atom stereocenters. The van der Waals surface area contributed by atoms with Crippen LogP contribution in [0.25, 0.3) is 0 Å². The van der Waals surface area contributed by atoms with Crippen LogP contribution in [-0.2, 0) is 5.41 Å². The van der Waals surface area contributed by atoms with Gasteiger partial charge in [-0.15, -0.1) is 0 Å². The van der Waals surface area contributed by atoms with Crippen molar-refractivity contribution >= 4 is 15.9 Å². The summed E-state index contributed by atoms with van der Waals surface area (Å²) in [7, 11) is 3.32. The second-order valence-electron chi connectivity index (χ2n) is 4.94. The van der Waals surface area contributed by atoms with Crippen LogP contribution in [0.5, 0.6) is 11.5 Å². The van der Waals surface area contributed by atoms with E-state index in [1.54, 1.807) is 14.2 Å². The van der Waals surface area contributed by atoms with Crippen molar-refractivity contribution in [2.75, 3.05) is 14.2 Å². The zero-order valence-electron chi connectivity index (χ0n) is 11.2. The lowest BCUT2D eigenvalue weighted by molar-refractivity contribution is 0.352. The number of benzene rings is 1. The molecule has 0 aromatic heterocycles. The van der Waals surface area contributed by atoms with Crippen LogP contribution in [0.3, 0.4) is 0 Å². The zero-order valence-corrected chi connectivity index (χ0v) is 12.8. The van der Waals surface area contributed by atoms with Gasteiger partial charge in [0.15, 0.2) is 11.5 Å². The van der Waals surface area contributed by atoms with E-state index in [9.17, 15) is 0 Å². The number of hydrogen-bond donors (Lipinski definition) is 0. The van der Waals surface area contributed by atoms with Crippen LogP contribution in [0, 0.1) is 0 Å². The highest BCUT2D eigenvalue weighted by Gasteiger charge is 2.23. The Morgan fingerprint density at radius 3 is 2.24 bits per heavy atom. The lowest BCUT2D eigenvalue weighted by Gasteiger charge is -2.27. The summed E-state index contributed by atoms with van der Waals surface area (Å²) < 4.78 is 10.6. The van der Waals surface area contributed by atoms with E-state index in [-0.39, 0.29) is 5.41 Å². The molecule has 17 heavy (non-hydrogen) atoms. The van der Waals surface area contributed by atoms with Crippen LogP contribution >= 0.6 is 15.9 Å². The lowest BCUT2D eigenvalue weighted by Crippen LogP contribution is -2.20. The highest BCUT2D eigenvalue weighted by Crippen LogP contribution is 2.36. The van der Waals surface area contributed by atoms with Gasteiger partial charge in [-0.3, -0.25) is 0 Å². The predicted molar refractivity (Wildman–Crippen MR) is 75.6 cm³/mol. The molecule has 3 heteroatoms. The Balaban J connectivity index is 3.06. The first-order valence-corrected chi connectivity index (χ1v) is 6.69. The largest absolute Gasteiger partial charge is 0.493 e. The Morgan fingerprint density at radius 2 is 1.76 bits per heavy atom. The minimum Gasteiger partial charge on any atom is -0.493 e. The molecule has 0 saturated heterocycles. The molecular weight excluding hydrogens is 280 g/mol. The van der Waals surface area contributed by atoms with Crippen molar-refractivity contribution in [3.05, 3.63) is 23.8 Å². The minimum absolute atomic E-state index is 0.114. The highest BCUT2D eigenvalue weighted by atomic mass is 79.9. The van der Waals surface area contributed by atoms with E-state index in [4.69, 9.17) is 9.47 Å². The van der Waals surface area contributed by atoms with Crippen LogP contribution in [-0.4, -0.2) is 19.0 Å². The van der Waals surface area contributed by atoms with Gasteiger partial charge in [-0.25, -0.2) is 0 Å². The SMILES string of the molecule is COc1ccc(C(C)(C)CC(C)Br)cc1OC. The maximum absolute atomic E-state index is 5.34. The average molecular weight is 301 g/mol. The first kappa shape index (κ1) is 14.4. The van der Waals surface area contributed by atoms with E-state index in [1.807, 2.05) is 6.07 Å².